The summed E-state index contributed by atoms with van der Waals surface area (Å²) in [5.74, 6) is -1.75. The highest BCUT2D eigenvalue weighted by Crippen LogP contribution is 2.20. The molecular weight excluding hydrogens is 799 g/mol. The Kier molecular flexibility index (Phi) is 17.4. The lowest BCUT2D eigenvalue weighted by atomic mass is 9.99. The first kappa shape index (κ1) is 46.3. The van der Waals surface area contributed by atoms with Crippen molar-refractivity contribution < 1.29 is 37.4 Å². The van der Waals surface area contributed by atoms with Crippen LogP contribution in [0.15, 0.2) is 110 Å². The minimum atomic E-state index is -0.630. The third kappa shape index (κ3) is 14.2. The average molecular weight is 849 g/mol. The molecule has 0 saturated carbocycles. The van der Waals surface area contributed by atoms with E-state index in [0.29, 0.717) is 12.8 Å². The first-order valence-electron chi connectivity index (χ1n) is 20.1. The van der Waals surface area contributed by atoms with Crippen molar-refractivity contribution in [2.75, 3.05) is 26.3 Å². The maximum absolute atomic E-state index is 13.2. The van der Waals surface area contributed by atoms with E-state index in [9.17, 15) is 28.0 Å². The van der Waals surface area contributed by atoms with E-state index in [-0.39, 0.29) is 62.3 Å². The third-order valence-corrected chi connectivity index (χ3v) is 9.70. The summed E-state index contributed by atoms with van der Waals surface area (Å²) in [7, 11) is 3.57. The van der Waals surface area contributed by atoms with E-state index in [1.807, 2.05) is 36.4 Å². The number of esters is 2. The maximum atomic E-state index is 13.2. The van der Waals surface area contributed by atoms with Gasteiger partial charge in [0, 0.05) is 61.4 Å². The van der Waals surface area contributed by atoms with Crippen molar-refractivity contribution in [2.45, 2.75) is 51.6 Å². The molecule has 4 aromatic heterocycles. The van der Waals surface area contributed by atoms with E-state index in [4.69, 9.17) is 9.47 Å². The van der Waals surface area contributed by atoms with Gasteiger partial charge in [-0.25, -0.2) is 8.78 Å². The van der Waals surface area contributed by atoms with E-state index >= 15 is 0 Å². The first-order chi connectivity index (χ1) is 29.9. The van der Waals surface area contributed by atoms with E-state index < -0.39 is 24.0 Å². The summed E-state index contributed by atoms with van der Waals surface area (Å²) < 4.78 is 39.7. The van der Waals surface area contributed by atoms with Crippen LogP contribution in [-0.2, 0) is 68.4 Å². The number of ether oxygens (including phenoxy) is 2. The minimum Gasteiger partial charge on any atom is -0.465 e. The van der Waals surface area contributed by atoms with Gasteiger partial charge in [0.15, 0.2) is 11.6 Å². The van der Waals surface area contributed by atoms with E-state index in [0.717, 1.165) is 45.0 Å². The summed E-state index contributed by atoms with van der Waals surface area (Å²) in [6, 6.07) is 21.8. The fourth-order valence-corrected chi connectivity index (χ4v) is 6.42. The van der Waals surface area contributed by atoms with Crippen molar-refractivity contribution in [1.29, 1.82) is 0 Å². The van der Waals surface area contributed by atoms with Gasteiger partial charge < -0.3 is 9.47 Å². The van der Waals surface area contributed by atoms with Crippen molar-refractivity contribution in [3.63, 3.8) is 0 Å². The number of benzene rings is 2. The zero-order chi connectivity index (χ0) is 44.4. The molecule has 0 radical (unpaired) electrons. The summed E-state index contributed by atoms with van der Waals surface area (Å²) in [4.78, 5) is 57.8. The van der Waals surface area contributed by atoms with Crippen molar-refractivity contribution in [1.82, 2.24) is 40.2 Å². The van der Waals surface area contributed by atoms with Crippen molar-refractivity contribution in [3.05, 3.63) is 144 Å². The standard InChI is InChI=1S/2C23H25FN4O3/c2*1-3-31-23(30)15-26-21(12-16-4-6-18(24)7-5-16)22(29)14-19-13-20(27-28(19)2)17-8-10-25-11-9-17/h2*4-11,13,21,26H,3,12,14-15H2,1-2H3/t2*21-/m00/s1. The number of ketones is 2. The molecule has 2 N–H and O–H groups in total. The number of aromatic nitrogens is 6. The van der Waals surface area contributed by atoms with E-state index in [1.165, 1.54) is 24.3 Å². The highest BCUT2D eigenvalue weighted by molar-refractivity contribution is 5.88. The smallest absolute Gasteiger partial charge is 0.319 e. The molecule has 6 rings (SSSR count). The number of carbonyl (C=O) groups excluding carboxylic acids is 4. The maximum Gasteiger partial charge on any atom is 0.319 e. The molecule has 0 saturated heterocycles. The monoisotopic (exact) mass is 848 g/mol. The second-order valence-corrected chi connectivity index (χ2v) is 14.2. The summed E-state index contributed by atoms with van der Waals surface area (Å²) in [5.41, 5.74) is 6.40. The van der Waals surface area contributed by atoms with Crippen LogP contribution in [0.25, 0.3) is 22.5 Å². The summed E-state index contributed by atoms with van der Waals surface area (Å²) in [6.45, 7) is 3.82. The molecule has 0 fully saturated rings. The molecule has 2 aromatic carbocycles. The summed E-state index contributed by atoms with van der Waals surface area (Å²) >= 11 is 0. The molecule has 2 atom stereocenters. The molecule has 62 heavy (non-hydrogen) atoms. The second kappa shape index (κ2) is 23.3. The topological polar surface area (TPSA) is 172 Å². The molecule has 0 spiro atoms. The van der Waals surface area contributed by atoms with Crippen LogP contribution in [0.1, 0.15) is 36.4 Å². The Balaban J connectivity index is 0.000000234. The van der Waals surface area contributed by atoms with Gasteiger partial charge in [-0.15, -0.1) is 0 Å². The van der Waals surface area contributed by atoms with Gasteiger partial charge in [-0.05, 0) is 98.5 Å². The number of rotatable bonds is 20. The molecule has 0 bridgehead atoms. The van der Waals surface area contributed by atoms with E-state index in [1.54, 1.807) is 86.4 Å². The molecule has 0 aliphatic carbocycles. The molecule has 6 aromatic rings. The zero-order valence-electron chi connectivity index (χ0n) is 35.1. The number of halogens is 2. The van der Waals surface area contributed by atoms with Gasteiger partial charge in [-0.3, -0.25) is 49.1 Å². The number of nitrogens with one attached hydrogen (secondary N) is 2. The fraction of sp³-hybridized carbons (Fsp3) is 0.304. The number of pyridine rings is 2. The largest absolute Gasteiger partial charge is 0.465 e. The Morgan fingerprint density at radius 3 is 1.27 bits per heavy atom. The number of aryl methyl sites for hydroxylation is 2. The Labute approximate surface area is 358 Å². The number of carbonyl (C=O) groups is 4. The van der Waals surface area contributed by atoms with Gasteiger partial charge in [-0.1, -0.05) is 24.3 Å². The number of Topliss-reactive ketones (excluding diaryl/α,β-unsaturated/α-hetero) is 2. The lowest BCUT2D eigenvalue weighted by molar-refractivity contribution is -0.143. The number of hydrogen-bond donors (Lipinski definition) is 2. The van der Waals surface area contributed by atoms with Gasteiger partial charge in [0.25, 0.3) is 0 Å². The molecule has 324 valence electrons. The van der Waals surface area contributed by atoms with Gasteiger partial charge in [0.1, 0.15) is 11.6 Å². The van der Waals surface area contributed by atoms with Crippen LogP contribution in [-0.4, -0.2) is 91.4 Å². The molecule has 4 heterocycles. The quantitative estimate of drug-likeness (QED) is 0.0988. The third-order valence-electron chi connectivity index (χ3n) is 9.70. The molecule has 16 heteroatoms. The lowest BCUT2D eigenvalue weighted by Crippen LogP contribution is -2.42. The molecular formula is C46H50F2N8O6. The van der Waals surface area contributed by atoms with Gasteiger partial charge >= 0.3 is 11.9 Å². The Hall–Kier alpha value is -6.78. The highest BCUT2D eigenvalue weighted by Gasteiger charge is 2.24. The molecule has 0 unspecified atom stereocenters. The molecule has 14 nitrogen and oxygen atoms in total. The normalized spacial score (nSPS) is 11.8. The molecule has 0 aliphatic heterocycles. The SMILES string of the molecule is CCOC(=O)CN[C@@H](Cc1ccc(F)cc1)C(=O)Cc1cc(-c2ccncc2)nn1C.CCOC(=O)CN[C@@H](Cc1ccc(F)cc1)C(=O)Cc1cc(-c2ccncc2)nn1C. The first-order valence-corrected chi connectivity index (χ1v) is 20.1. The number of hydrogen-bond acceptors (Lipinski definition) is 12. The highest BCUT2D eigenvalue weighted by atomic mass is 19.1. The molecule has 0 amide bonds. The van der Waals surface area contributed by atoms with Gasteiger partial charge in [0.05, 0.1) is 62.6 Å². The van der Waals surface area contributed by atoms with Crippen molar-refractivity contribution in [3.8, 4) is 22.5 Å². The lowest BCUT2D eigenvalue weighted by Gasteiger charge is -2.17. The van der Waals surface area contributed by atoms with Crippen LogP contribution in [0.2, 0.25) is 0 Å². The van der Waals surface area contributed by atoms with Crippen molar-refractivity contribution >= 4 is 23.5 Å². The molecule has 0 aliphatic rings. The van der Waals surface area contributed by atoms with E-state index in [2.05, 4.69) is 30.8 Å². The predicted octanol–water partition coefficient (Wildman–Crippen LogP) is 4.99. The fourth-order valence-electron chi connectivity index (χ4n) is 6.42. The second-order valence-electron chi connectivity index (χ2n) is 14.2. The predicted molar refractivity (Wildman–Crippen MR) is 227 cm³/mol. The average Bonchev–Trinajstić information content (AvgIpc) is 3.83. The van der Waals surface area contributed by atoms with Crippen molar-refractivity contribution in [2.24, 2.45) is 14.1 Å². The summed E-state index contributed by atoms with van der Waals surface area (Å²) in [5, 5.41) is 15.0. The zero-order valence-corrected chi connectivity index (χ0v) is 35.1. The summed E-state index contributed by atoms with van der Waals surface area (Å²) in [6.07, 6.45) is 7.67. The van der Waals surface area contributed by atoms with Crippen LogP contribution < -0.4 is 10.6 Å². The Morgan fingerprint density at radius 1 is 0.581 bits per heavy atom. The Bertz CT molecular complexity index is 2210. The van der Waals surface area contributed by atoms with Crippen LogP contribution in [0, 0.1) is 11.6 Å². The number of nitrogens with zero attached hydrogens (tertiary/aromatic N) is 6. The van der Waals surface area contributed by atoms with Crippen LogP contribution in [0.4, 0.5) is 8.78 Å². The van der Waals surface area contributed by atoms with Crippen LogP contribution >= 0.6 is 0 Å². The van der Waals surface area contributed by atoms with Gasteiger partial charge in [0.2, 0.25) is 0 Å². The van der Waals surface area contributed by atoms with Crippen LogP contribution in [0.5, 0.6) is 0 Å². The Morgan fingerprint density at radius 2 is 0.935 bits per heavy atom. The van der Waals surface area contributed by atoms with Crippen LogP contribution in [0.3, 0.4) is 0 Å². The van der Waals surface area contributed by atoms with Gasteiger partial charge in [-0.2, -0.15) is 10.2 Å². The minimum absolute atomic E-state index is 0.0842.